The highest BCUT2D eigenvalue weighted by Crippen LogP contribution is 2.56. The fourth-order valence-corrected chi connectivity index (χ4v) is 4.21. The Bertz CT molecular complexity index is 636. The van der Waals surface area contributed by atoms with Crippen molar-refractivity contribution in [2.45, 2.75) is 24.2 Å². The second kappa shape index (κ2) is 4.32. The zero-order valence-electron chi connectivity index (χ0n) is 11.5. The van der Waals surface area contributed by atoms with Crippen LogP contribution in [0.4, 0.5) is 0 Å². The zero-order valence-corrected chi connectivity index (χ0v) is 11.5. The lowest BCUT2D eigenvalue weighted by Gasteiger charge is -2.48. The second-order valence-electron chi connectivity index (χ2n) is 5.88. The molecule has 0 amide bonds. The van der Waals surface area contributed by atoms with E-state index in [-0.39, 0.29) is 5.41 Å². The maximum absolute atomic E-state index is 5.73. The molecule has 0 heterocycles. The Labute approximate surface area is 120 Å². The molecule has 0 radical (unpaired) electrons. The Balaban J connectivity index is 2.04. The van der Waals surface area contributed by atoms with E-state index < -0.39 is 0 Å². The van der Waals surface area contributed by atoms with Gasteiger partial charge in [0.05, 0.1) is 0 Å². The third-order valence-corrected chi connectivity index (χ3v) is 5.00. The van der Waals surface area contributed by atoms with Gasteiger partial charge in [-0.2, -0.15) is 0 Å². The third kappa shape index (κ3) is 1.41. The van der Waals surface area contributed by atoms with Gasteiger partial charge in [0, 0.05) is 17.9 Å². The fourth-order valence-electron chi connectivity index (χ4n) is 4.21. The summed E-state index contributed by atoms with van der Waals surface area (Å²) in [4.78, 5) is 0. The second-order valence-corrected chi connectivity index (χ2v) is 5.88. The predicted octanol–water partition coefficient (Wildman–Crippen LogP) is 3.73. The molecule has 0 spiro atoms. The number of nitrogens with two attached hydrogens (primary N) is 1. The van der Waals surface area contributed by atoms with Crippen LogP contribution in [0.5, 0.6) is 0 Å². The van der Waals surface area contributed by atoms with Crippen molar-refractivity contribution < 1.29 is 0 Å². The predicted molar refractivity (Wildman–Crippen MR) is 82.9 cm³/mol. The molecule has 20 heavy (non-hydrogen) atoms. The Morgan fingerprint density at radius 2 is 1.60 bits per heavy atom. The third-order valence-electron chi connectivity index (χ3n) is 5.00. The van der Waals surface area contributed by atoms with E-state index in [2.05, 4.69) is 60.7 Å². The van der Waals surface area contributed by atoms with E-state index in [4.69, 9.17) is 5.73 Å². The van der Waals surface area contributed by atoms with Crippen molar-refractivity contribution in [2.75, 3.05) is 6.54 Å². The molecule has 1 nitrogen and oxygen atoms in total. The lowest BCUT2D eigenvalue weighted by atomic mass is 9.55. The van der Waals surface area contributed by atoms with Crippen molar-refractivity contribution in [3.8, 4) is 0 Å². The lowest BCUT2D eigenvalue weighted by molar-refractivity contribution is 0.439. The molecule has 2 N–H and O–H groups in total. The monoisotopic (exact) mass is 261 g/mol. The normalized spacial score (nSPS) is 26.6. The van der Waals surface area contributed by atoms with Crippen LogP contribution in [0.25, 0.3) is 0 Å². The molecule has 0 aliphatic heterocycles. The topological polar surface area (TPSA) is 26.0 Å². The summed E-state index contributed by atoms with van der Waals surface area (Å²) in [5.41, 5.74) is 11.8. The van der Waals surface area contributed by atoms with Crippen LogP contribution < -0.4 is 5.73 Å². The fraction of sp³-hybridized carbons (Fsp3) is 0.263. The van der Waals surface area contributed by atoms with Crippen molar-refractivity contribution in [3.63, 3.8) is 0 Å². The minimum absolute atomic E-state index is 0.0430. The van der Waals surface area contributed by atoms with Gasteiger partial charge in [-0.3, -0.25) is 0 Å². The maximum Gasteiger partial charge on any atom is 0.0388 e. The Morgan fingerprint density at radius 1 is 1.00 bits per heavy atom. The lowest BCUT2D eigenvalue weighted by Crippen LogP contribution is -2.38. The Hall–Kier alpha value is -1.86. The first-order chi connectivity index (χ1) is 9.87. The van der Waals surface area contributed by atoms with E-state index in [0.717, 1.165) is 0 Å². The first-order valence-corrected chi connectivity index (χ1v) is 7.43. The van der Waals surface area contributed by atoms with Gasteiger partial charge in [-0.15, -0.1) is 0 Å². The number of fused-ring (bicyclic) bond motifs is 1. The highest BCUT2D eigenvalue weighted by molar-refractivity contribution is 5.61. The molecule has 3 aliphatic rings. The molecular formula is C19H19N. The molecule has 1 heteroatoms. The van der Waals surface area contributed by atoms with Crippen molar-refractivity contribution in [1.82, 2.24) is 0 Å². The first kappa shape index (κ1) is 11.9. The molecular weight excluding hydrogens is 242 g/mol. The van der Waals surface area contributed by atoms with Crippen LogP contribution in [-0.2, 0) is 5.41 Å². The van der Waals surface area contributed by atoms with Crippen LogP contribution in [0, 0.1) is 0 Å². The summed E-state index contributed by atoms with van der Waals surface area (Å²) >= 11 is 0. The average molecular weight is 261 g/mol. The van der Waals surface area contributed by atoms with E-state index >= 15 is 0 Å². The van der Waals surface area contributed by atoms with E-state index in [1.807, 2.05) is 0 Å². The Kier molecular flexibility index (Phi) is 2.58. The van der Waals surface area contributed by atoms with E-state index in [1.165, 1.54) is 35.1 Å². The van der Waals surface area contributed by atoms with Gasteiger partial charge in [-0.05, 0) is 35.1 Å². The van der Waals surface area contributed by atoms with Crippen molar-refractivity contribution in [1.29, 1.82) is 0 Å². The number of hydrogen-bond acceptors (Lipinski definition) is 1. The maximum atomic E-state index is 5.73. The minimum Gasteiger partial charge on any atom is -0.327 e. The van der Waals surface area contributed by atoms with Crippen molar-refractivity contribution >= 4 is 0 Å². The number of allylic oxidation sites excluding steroid dienone is 1. The summed E-state index contributed by atoms with van der Waals surface area (Å²) in [6, 6.07) is 17.9. The molecule has 2 bridgehead atoms. The molecule has 0 aromatic heterocycles. The van der Waals surface area contributed by atoms with Crippen molar-refractivity contribution in [2.24, 2.45) is 5.73 Å². The zero-order chi connectivity index (χ0) is 13.6. The van der Waals surface area contributed by atoms with Crippen LogP contribution in [0.2, 0.25) is 0 Å². The standard InChI is InChI=1S/C19H19N/c20-13-5-11-19-12-10-14(15-6-1-3-8-17(15)19)16-7-2-4-9-18(16)19/h1-9,11,14H,10,12-13,20H2. The smallest absolute Gasteiger partial charge is 0.0388 e. The van der Waals surface area contributed by atoms with Gasteiger partial charge in [0.2, 0.25) is 0 Å². The largest absolute Gasteiger partial charge is 0.327 e. The van der Waals surface area contributed by atoms with Gasteiger partial charge in [-0.25, -0.2) is 0 Å². The van der Waals surface area contributed by atoms with Crippen molar-refractivity contribution in [3.05, 3.63) is 82.9 Å². The highest BCUT2D eigenvalue weighted by atomic mass is 14.5. The molecule has 0 unspecified atom stereocenters. The molecule has 0 saturated carbocycles. The summed E-state index contributed by atoms with van der Waals surface area (Å²) in [5.74, 6) is 0.579. The van der Waals surface area contributed by atoms with Gasteiger partial charge in [0.25, 0.3) is 0 Å². The summed E-state index contributed by atoms with van der Waals surface area (Å²) in [7, 11) is 0. The van der Waals surface area contributed by atoms with Crippen LogP contribution in [0.15, 0.2) is 60.7 Å². The summed E-state index contributed by atoms with van der Waals surface area (Å²) in [6.45, 7) is 0.607. The summed E-state index contributed by atoms with van der Waals surface area (Å²) in [5, 5.41) is 0. The molecule has 5 rings (SSSR count). The molecule has 2 aromatic rings. The number of hydrogen-bond donors (Lipinski definition) is 1. The van der Waals surface area contributed by atoms with E-state index in [9.17, 15) is 0 Å². The molecule has 0 fully saturated rings. The van der Waals surface area contributed by atoms with Crippen LogP contribution >= 0.6 is 0 Å². The number of benzene rings is 2. The van der Waals surface area contributed by atoms with E-state index in [0.29, 0.717) is 12.5 Å². The molecule has 2 aromatic carbocycles. The van der Waals surface area contributed by atoms with Crippen LogP contribution in [-0.4, -0.2) is 6.54 Å². The molecule has 0 atom stereocenters. The Morgan fingerprint density at radius 3 is 2.20 bits per heavy atom. The van der Waals surface area contributed by atoms with Gasteiger partial charge >= 0.3 is 0 Å². The first-order valence-electron chi connectivity index (χ1n) is 7.43. The summed E-state index contributed by atoms with van der Waals surface area (Å²) < 4.78 is 0. The molecule has 100 valence electrons. The SMILES string of the molecule is NCC=CC12CCC(c3ccccc31)c1ccccc12. The van der Waals surface area contributed by atoms with Crippen LogP contribution in [0.1, 0.15) is 41.0 Å². The van der Waals surface area contributed by atoms with Crippen LogP contribution in [0.3, 0.4) is 0 Å². The summed E-state index contributed by atoms with van der Waals surface area (Å²) in [6.07, 6.45) is 6.91. The quantitative estimate of drug-likeness (QED) is 0.819. The van der Waals surface area contributed by atoms with Gasteiger partial charge < -0.3 is 5.73 Å². The van der Waals surface area contributed by atoms with E-state index in [1.54, 1.807) is 0 Å². The minimum atomic E-state index is 0.0430. The highest BCUT2D eigenvalue weighted by Gasteiger charge is 2.46. The average Bonchev–Trinajstić information content (AvgIpc) is 2.54. The van der Waals surface area contributed by atoms with Gasteiger partial charge in [0.1, 0.15) is 0 Å². The van der Waals surface area contributed by atoms with Gasteiger partial charge in [-0.1, -0.05) is 60.7 Å². The molecule has 3 aliphatic carbocycles. The number of rotatable bonds is 2. The van der Waals surface area contributed by atoms with Gasteiger partial charge in [0.15, 0.2) is 0 Å². The molecule has 0 saturated heterocycles.